The van der Waals surface area contributed by atoms with Gasteiger partial charge in [0, 0.05) is 0 Å². The molecule has 6 heteroatoms. The maximum atomic E-state index is 11.9. The van der Waals surface area contributed by atoms with Crippen LogP contribution in [0.15, 0.2) is 47.6 Å². The van der Waals surface area contributed by atoms with Crippen molar-refractivity contribution in [3.63, 3.8) is 0 Å². The van der Waals surface area contributed by atoms with E-state index >= 15 is 0 Å². The Morgan fingerprint density at radius 2 is 1.87 bits per heavy atom. The summed E-state index contributed by atoms with van der Waals surface area (Å²) in [6, 6.07) is 11.9. The van der Waals surface area contributed by atoms with Crippen molar-refractivity contribution in [1.29, 1.82) is 0 Å². The molecule has 0 aromatic heterocycles. The van der Waals surface area contributed by atoms with Crippen molar-refractivity contribution in [1.82, 2.24) is 5.43 Å². The van der Waals surface area contributed by atoms with Gasteiger partial charge in [0.25, 0.3) is 0 Å². The van der Waals surface area contributed by atoms with Crippen LogP contribution >= 0.6 is 0 Å². The minimum absolute atomic E-state index is 0.185. The summed E-state index contributed by atoms with van der Waals surface area (Å²) in [5, 5.41) is 13.1. The number of hydrogen-bond acceptors (Lipinski definition) is 5. The van der Waals surface area contributed by atoms with Gasteiger partial charge in [0.2, 0.25) is 5.91 Å². The summed E-state index contributed by atoms with van der Waals surface area (Å²) in [6.07, 6.45) is 1.71. The molecule has 2 aromatic carbocycles. The normalized spacial score (nSPS) is 13.0. The first-order valence-corrected chi connectivity index (χ1v) is 7.20. The highest BCUT2D eigenvalue weighted by Crippen LogP contribution is 2.30. The van der Waals surface area contributed by atoms with Gasteiger partial charge in [0.15, 0.2) is 11.5 Å². The average Bonchev–Trinajstić information content (AvgIpc) is 2.56. The summed E-state index contributed by atoms with van der Waals surface area (Å²) in [5.74, 6) is 1.32. The molecule has 2 aromatic rings. The molecule has 0 atom stereocenters. The number of rotatable bonds is 4. The number of carbonyl (C=O) groups is 1. The summed E-state index contributed by atoms with van der Waals surface area (Å²) in [4.78, 5) is 11.9. The van der Waals surface area contributed by atoms with Crippen LogP contribution in [0.25, 0.3) is 0 Å². The van der Waals surface area contributed by atoms with Crippen LogP contribution in [-0.2, 0) is 11.2 Å². The number of hydrazone groups is 1. The van der Waals surface area contributed by atoms with E-state index in [2.05, 4.69) is 10.5 Å². The Labute approximate surface area is 133 Å². The van der Waals surface area contributed by atoms with Gasteiger partial charge in [-0.25, -0.2) is 5.43 Å². The Bertz CT molecular complexity index is 726. The van der Waals surface area contributed by atoms with Gasteiger partial charge in [-0.1, -0.05) is 6.07 Å². The number of ether oxygens (including phenoxy) is 2. The topological polar surface area (TPSA) is 80.2 Å². The molecule has 0 aliphatic carbocycles. The highest BCUT2D eigenvalue weighted by Gasteiger charge is 2.12. The third kappa shape index (κ3) is 4.00. The number of carbonyl (C=O) groups excluding carboxylic acids is 1. The predicted molar refractivity (Wildman–Crippen MR) is 85.0 cm³/mol. The second-order valence-corrected chi connectivity index (χ2v) is 5.04. The molecule has 0 spiro atoms. The van der Waals surface area contributed by atoms with Gasteiger partial charge < -0.3 is 14.6 Å². The highest BCUT2D eigenvalue weighted by molar-refractivity contribution is 5.83. The Kier molecular flexibility index (Phi) is 4.42. The minimum atomic E-state index is -0.225. The van der Waals surface area contributed by atoms with Crippen molar-refractivity contribution in [3.05, 3.63) is 53.6 Å². The van der Waals surface area contributed by atoms with Crippen molar-refractivity contribution in [2.75, 3.05) is 13.2 Å². The third-order valence-electron chi connectivity index (χ3n) is 3.27. The van der Waals surface area contributed by atoms with E-state index in [-0.39, 0.29) is 18.1 Å². The second-order valence-electron chi connectivity index (χ2n) is 5.04. The summed E-state index contributed by atoms with van der Waals surface area (Å²) < 4.78 is 10.9. The number of phenolic OH excluding ortho intramolecular Hbond substituents is 1. The Hall–Kier alpha value is -3.02. The molecule has 1 heterocycles. The first-order valence-electron chi connectivity index (χ1n) is 7.20. The van der Waals surface area contributed by atoms with Gasteiger partial charge in [-0.3, -0.25) is 4.79 Å². The van der Waals surface area contributed by atoms with Gasteiger partial charge in [-0.2, -0.15) is 5.10 Å². The Morgan fingerprint density at radius 1 is 1.13 bits per heavy atom. The lowest BCUT2D eigenvalue weighted by Gasteiger charge is -2.18. The number of benzene rings is 2. The molecule has 3 rings (SSSR count). The van der Waals surface area contributed by atoms with E-state index in [0.29, 0.717) is 24.7 Å². The fraction of sp³-hybridized carbons (Fsp3) is 0.176. The zero-order chi connectivity index (χ0) is 16.1. The lowest BCUT2D eigenvalue weighted by atomic mass is 10.1. The maximum Gasteiger partial charge on any atom is 0.244 e. The summed E-state index contributed by atoms with van der Waals surface area (Å²) in [5.41, 5.74) is 4.08. The fourth-order valence-electron chi connectivity index (χ4n) is 2.16. The quantitative estimate of drug-likeness (QED) is 0.667. The van der Waals surface area contributed by atoms with E-state index in [1.54, 1.807) is 36.4 Å². The van der Waals surface area contributed by atoms with Gasteiger partial charge >= 0.3 is 0 Å². The Balaban J connectivity index is 1.56. The lowest BCUT2D eigenvalue weighted by molar-refractivity contribution is -0.120. The molecule has 118 valence electrons. The van der Waals surface area contributed by atoms with Crippen molar-refractivity contribution < 1.29 is 19.4 Å². The molecule has 0 unspecified atom stereocenters. The van der Waals surface area contributed by atoms with E-state index in [1.807, 2.05) is 6.07 Å². The van der Waals surface area contributed by atoms with E-state index < -0.39 is 0 Å². The SMILES string of the molecule is O=C(Cc1ccc2c(c1)OCCO2)N/N=C/c1ccc(O)cc1. The van der Waals surface area contributed by atoms with Crippen LogP contribution in [0.2, 0.25) is 0 Å². The van der Waals surface area contributed by atoms with Crippen LogP contribution in [0.4, 0.5) is 0 Å². The molecular weight excluding hydrogens is 296 g/mol. The van der Waals surface area contributed by atoms with Gasteiger partial charge in [0.1, 0.15) is 19.0 Å². The summed E-state index contributed by atoms with van der Waals surface area (Å²) >= 11 is 0. The number of phenols is 1. The molecule has 0 bridgehead atoms. The first-order chi connectivity index (χ1) is 11.2. The maximum absolute atomic E-state index is 11.9. The zero-order valence-electron chi connectivity index (χ0n) is 12.4. The number of fused-ring (bicyclic) bond motifs is 1. The number of hydrogen-bond donors (Lipinski definition) is 2. The average molecular weight is 312 g/mol. The smallest absolute Gasteiger partial charge is 0.244 e. The lowest BCUT2D eigenvalue weighted by Crippen LogP contribution is -2.20. The molecule has 0 fully saturated rings. The monoisotopic (exact) mass is 312 g/mol. The van der Waals surface area contributed by atoms with E-state index in [0.717, 1.165) is 11.1 Å². The largest absolute Gasteiger partial charge is 0.508 e. The van der Waals surface area contributed by atoms with E-state index in [9.17, 15) is 9.90 Å². The molecule has 0 saturated carbocycles. The van der Waals surface area contributed by atoms with Gasteiger partial charge in [-0.05, 0) is 47.5 Å². The highest BCUT2D eigenvalue weighted by atomic mass is 16.6. The summed E-state index contributed by atoms with van der Waals surface area (Å²) in [7, 11) is 0. The number of nitrogens with zero attached hydrogens (tertiary/aromatic N) is 1. The Morgan fingerprint density at radius 3 is 2.65 bits per heavy atom. The predicted octanol–water partition coefficient (Wildman–Crippen LogP) is 1.86. The molecule has 1 aliphatic heterocycles. The van der Waals surface area contributed by atoms with Crippen molar-refractivity contribution in [2.24, 2.45) is 5.10 Å². The molecular formula is C17H16N2O4. The number of amides is 1. The molecule has 0 radical (unpaired) electrons. The van der Waals surface area contributed by atoms with Gasteiger partial charge in [-0.15, -0.1) is 0 Å². The van der Waals surface area contributed by atoms with Crippen LogP contribution < -0.4 is 14.9 Å². The summed E-state index contributed by atoms with van der Waals surface area (Å²) in [6.45, 7) is 1.05. The zero-order valence-corrected chi connectivity index (χ0v) is 12.4. The van der Waals surface area contributed by atoms with Gasteiger partial charge in [0.05, 0.1) is 12.6 Å². The first kappa shape index (κ1) is 14.9. The van der Waals surface area contributed by atoms with E-state index in [4.69, 9.17) is 9.47 Å². The van der Waals surface area contributed by atoms with Crippen molar-refractivity contribution in [2.45, 2.75) is 6.42 Å². The molecule has 0 saturated heterocycles. The number of nitrogens with one attached hydrogen (secondary N) is 1. The van der Waals surface area contributed by atoms with Crippen LogP contribution in [-0.4, -0.2) is 30.4 Å². The minimum Gasteiger partial charge on any atom is -0.508 e. The molecule has 23 heavy (non-hydrogen) atoms. The number of aromatic hydroxyl groups is 1. The fourth-order valence-corrected chi connectivity index (χ4v) is 2.16. The van der Waals surface area contributed by atoms with Crippen molar-refractivity contribution >= 4 is 12.1 Å². The van der Waals surface area contributed by atoms with Crippen LogP contribution in [0.3, 0.4) is 0 Å². The van der Waals surface area contributed by atoms with E-state index in [1.165, 1.54) is 6.21 Å². The van der Waals surface area contributed by atoms with Crippen LogP contribution in [0.5, 0.6) is 17.2 Å². The standard InChI is InChI=1S/C17H16N2O4/c20-14-4-1-12(2-5-14)11-18-19-17(21)10-13-3-6-15-16(9-13)23-8-7-22-15/h1-6,9,11,20H,7-8,10H2,(H,19,21)/b18-11+. The second kappa shape index (κ2) is 6.83. The van der Waals surface area contributed by atoms with Crippen molar-refractivity contribution in [3.8, 4) is 17.2 Å². The van der Waals surface area contributed by atoms with Crippen LogP contribution in [0.1, 0.15) is 11.1 Å². The third-order valence-corrected chi connectivity index (χ3v) is 3.27. The molecule has 6 nitrogen and oxygen atoms in total. The van der Waals surface area contributed by atoms with Crippen LogP contribution in [0, 0.1) is 0 Å². The molecule has 1 amide bonds. The molecule has 1 aliphatic rings. The molecule has 2 N–H and O–H groups in total.